The minimum atomic E-state index is -0.168. The second kappa shape index (κ2) is 9.00. The Hall–Kier alpha value is -3.03. The number of aryl methyl sites for hydroxylation is 1. The lowest BCUT2D eigenvalue weighted by molar-refractivity contribution is 0.0955. The summed E-state index contributed by atoms with van der Waals surface area (Å²) in [6, 6.07) is 14.8. The van der Waals surface area contributed by atoms with Crippen molar-refractivity contribution < 1.29 is 4.79 Å². The molecule has 9 heteroatoms. The van der Waals surface area contributed by atoms with E-state index >= 15 is 0 Å². The predicted octanol–water partition coefficient (Wildman–Crippen LogP) is 3.11. The first-order chi connectivity index (χ1) is 14.9. The Kier molecular flexibility index (Phi) is 6.16. The number of carbonyl (C=O) groups is 1. The number of hydrogen-bond donors (Lipinski definition) is 2. The molecule has 1 amide bonds. The Bertz CT molecular complexity index is 1250. The Labute approximate surface area is 191 Å². The van der Waals surface area contributed by atoms with Crippen molar-refractivity contribution in [1.29, 1.82) is 0 Å². The maximum Gasteiger partial charge on any atom is 0.251 e. The van der Waals surface area contributed by atoms with Gasteiger partial charge in [-0.2, -0.15) is 9.61 Å². The molecule has 4 rings (SSSR count). The highest BCUT2D eigenvalue weighted by atomic mass is 35.5. The first-order valence-corrected chi connectivity index (χ1v) is 10.6. The van der Waals surface area contributed by atoms with Crippen molar-refractivity contribution in [2.24, 2.45) is 0 Å². The zero-order valence-electron chi connectivity index (χ0n) is 17.1. The van der Waals surface area contributed by atoms with Crippen LogP contribution in [-0.4, -0.2) is 41.4 Å². The Morgan fingerprint density at radius 3 is 2.71 bits per heavy atom. The quantitative estimate of drug-likeness (QED) is 0.349. The summed E-state index contributed by atoms with van der Waals surface area (Å²) in [5.41, 5.74) is 4.79. The normalized spacial score (nSPS) is 10.9. The van der Waals surface area contributed by atoms with E-state index < -0.39 is 0 Å². The Morgan fingerprint density at radius 2 is 1.94 bits per heavy atom. The number of halogens is 2. The molecule has 2 N–H and O–H groups in total. The van der Waals surface area contributed by atoms with Crippen LogP contribution in [0, 0.1) is 6.92 Å². The minimum absolute atomic E-state index is 0.168. The van der Waals surface area contributed by atoms with E-state index in [0.717, 1.165) is 33.7 Å². The molecule has 0 radical (unpaired) electrons. The van der Waals surface area contributed by atoms with Crippen molar-refractivity contribution in [3.8, 4) is 11.3 Å². The van der Waals surface area contributed by atoms with Gasteiger partial charge in [-0.05, 0) is 42.2 Å². The average Bonchev–Trinajstić information content (AvgIpc) is 3.11. The summed E-state index contributed by atoms with van der Waals surface area (Å²) in [6.07, 6.45) is 1.77. The molecule has 0 saturated heterocycles. The molecule has 0 aliphatic rings. The minimum Gasteiger partial charge on any atom is -0.368 e. The van der Waals surface area contributed by atoms with Crippen LogP contribution in [0.4, 0.5) is 5.82 Å². The molecule has 6 nitrogen and oxygen atoms in total. The van der Waals surface area contributed by atoms with Crippen LogP contribution in [0.3, 0.4) is 0 Å². The number of amides is 1. The highest BCUT2D eigenvalue weighted by molar-refractivity contribution is 6.36. The number of benzene rings is 2. The van der Waals surface area contributed by atoms with Crippen LogP contribution in [0.1, 0.15) is 15.9 Å². The molecule has 0 spiro atoms. The largest absolute Gasteiger partial charge is 0.368 e. The van der Waals surface area contributed by atoms with Gasteiger partial charge in [0.25, 0.3) is 5.91 Å². The second-order valence-electron chi connectivity index (χ2n) is 7.27. The van der Waals surface area contributed by atoms with E-state index in [1.165, 1.54) is 0 Å². The number of nitrogens with zero attached hydrogens (tertiary/aromatic N) is 3. The van der Waals surface area contributed by atoms with Gasteiger partial charge in [-0.3, -0.25) is 4.79 Å². The van der Waals surface area contributed by atoms with Crippen LogP contribution in [0.5, 0.6) is 0 Å². The summed E-state index contributed by atoms with van der Waals surface area (Å²) in [6.45, 7) is 2.84. The Balaban J connectivity index is 1.50. The molecule has 156 valence electrons. The number of fused-ring (bicyclic) bond motifs is 1. The smallest absolute Gasteiger partial charge is 0.251 e. The summed E-state index contributed by atoms with van der Waals surface area (Å²) in [7, 11) is 1.96. The monoisotopic (exact) mass is 451 g/mol. The van der Waals surface area contributed by atoms with Gasteiger partial charge in [-0.1, -0.05) is 41.4 Å². The standard InChI is InChI=1S/C22H20BCl2N5O/c1-13-8-14(10-15(24)9-13)22(31)27-7-6-26-20-11-19(16-4-2-3-5-18(16)25)29-21-17(23)12-28-30(20)21/h2-5,8-12,26H,6-7,23H2,1H3,(H,27,31). The number of nitrogens with one attached hydrogen (secondary N) is 2. The van der Waals surface area contributed by atoms with Gasteiger partial charge in [0.05, 0.1) is 5.69 Å². The molecule has 31 heavy (non-hydrogen) atoms. The third-order valence-corrected chi connectivity index (χ3v) is 5.37. The third-order valence-electron chi connectivity index (χ3n) is 4.82. The maximum atomic E-state index is 12.4. The van der Waals surface area contributed by atoms with Gasteiger partial charge in [-0.15, -0.1) is 0 Å². The summed E-state index contributed by atoms with van der Waals surface area (Å²) >= 11 is 12.4. The lowest BCUT2D eigenvalue weighted by atomic mass is 10.0. The fourth-order valence-electron chi connectivity index (χ4n) is 3.34. The Morgan fingerprint density at radius 1 is 1.13 bits per heavy atom. The number of carbonyl (C=O) groups excluding carboxylic acids is 1. The van der Waals surface area contributed by atoms with Crippen LogP contribution in [0.2, 0.25) is 10.0 Å². The summed E-state index contributed by atoms with van der Waals surface area (Å²) in [5, 5.41) is 11.8. The van der Waals surface area contributed by atoms with Crippen LogP contribution in [0.25, 0.3) is 16.9 Å². The van der Waals surface area contributed by atoms with Crippen molar-refractivity contribution in [2.45, 2.75) is 6.92 Å². The number of rotatable bonds is 6. The molecular formula is C22H20BCl2N5O. The van der Waals surface area contributed by atoms with Crippen molar-refractivity contribution in [3.63, 3.8) is 0 Å². The molecular weight excluding hydrogens is 432 g/mol. The third kappa shape index (κ3) is 4.68. The lowest BCUT2D eigenvalue weighted by Gasteiger charge is -2.12. The van der Waals surface area contributed by atoms with Crippen molar-refractivity contribution in [2.75, 3.05) is 18.4 Å². The molecule has 2 aromatic carbocycles. The van der Waals surface area contributed by atoms with E-state index in [0.29, 0.717) is 28.7 Å². The van der Waals surface area contributed by atoms with E-state index in [2.05, 4.69) is 15.7 Å². The first kappa shape index (κ1) is 21.2. The molecule has 2 aromatic heterocycles. The number of hydrogen-bond acceptors (Lipinski definition) is 4. The summed E-state index contributed by atoms with van der Waals surface area (Å²) < 4.78 is 1.75. The van der Waals surface area contributed by atoms with Gasteiger partial charge >= 0.3 is 0 Å². The molecule has 2 heterocycles. The molecule has 0 saturated carbocycles. The van der Waals surface area contributed by atoms with Crippen LogP contribution in [0.15, 0.2) is 54.7 Å². The molecule has 0 atom stereocenters. The van der Waals surface area contributed by atoms with Gasteiger partial charge in [0.15, 0.2) is 5.65 Å². The predicted molar refractivity (Wildman–Crippen MR) is 129 cm³/mol. The van der Waals surface area contributed by atoms with Gasteiger partial charge < -0.3 is 10.6 Å². The second-order valence-corrected chi connectivity index (χ2v) is 8.11. The van der Waals surface area contributed by atoms with Crippen LogP contribution in [-0.2, 0) is 0 Å². The lowest BCUT2D eigenvalue weighted by Crippen LogP contribution is -2.29. The van der Waals surface area contributed by atoms with Crippen LogP contribution >= 0.6 is 23.2 Å². The maximum absolute atomic E-state index is 12.4. The summed E-state index contributed by atoms with van der Waals surface area (Å²) in [5.74, 6) is 0.597. The fourth-order valence-corrected chi connectivity index (χ4v) is 3.86. The molecule has 4 aromatic rings. The first-order valence-electron chi connectivity index (χ1n) is 9.82. The van der Waals surface area contributed by atoms with Crippen molar-refractivity contribution in [1.82, 2.24) is 19.9 Å². The van der Waals surface area contributed by atoms with E-state index in [-0.39, 0.29) is 5.91 Å². The topological polar surface area (TPSA) is 71.3 Å². The van der Waals surface area contributed by atoms with E-state index in [1.54, 1.807) is 16.8 Å². The summed E-state index contributed by atoms with van der Waals surface area (Å²) in [4.78, 5) is 17.1. The average molecular weight is 452 g/mol. The highest BCUT2D eigenvalue weighted by Gasteiger charge is 2.13. The van der Waals surface area contributed by atoms with E-state index in [1.807, 2.05) is 57.2 Å². The van der Waals surface area contributed by atoms with Gasteiger partial charge in [0, 0.05) is 46.5 Å². The highest BCUT2D eigenvalue weighted by Crippen LogP contribution is 2.28. The number of anilines is 1. The zero-order valence-corrected chi connectivity index (χ0v) is 18.6. The van der Waals surface area contributed by atoms with E-state index in [9.17, 15) is 4.79 Å². The van der Waals surface area contributed by atoms with E-state index in [4.69, 9.17) is 28.2 Å². The molecule has 0 bridgehead atoms. The molecule has 0 aliphatic carbocycles. The van der Waals surface area contributed by atoms with Crippen LogP contribution < -0.4 is 16.1 Å². The number of aromatic nitrogens is 3. The van der Waals surface area contributed by atoms with Gasteiger partial charge in [-0.25, -0.2) is 4.98 Å². The van der Waals surface area contributed by atoms with Gasteiger partial charge in [0.2, 0.25) is 0 Å². The molecule has 0 aliphatic heterocycles. The molecule has 0 unspecified atom stereocenters. The molecule has 0 fully saturated rings. The zero-order chi connectivity index (χ0) is 22.0. The van der Waals surface area contributed by atoms with Crippen molar-refractivity contribution in [3.05, 3.63) is 75.9 Å². The van der Waals surface area contributed by atoms with Gasteiger partial charge in [0.1, 0.15) is 13.7 Å². The SMILES string of the molecule is Bc1cnn2c(NCCNC(=O)c3cc(C)cc(Cl)c3)cc(-c3ccccc3Cl)nc12. The van der Waals surface area contributed by atoms with Crippen molar-refractivity contribution >= 4 is 53.9 Å². The fraction of sp³-hybridized carbons (Fsp3) is 0.136.